The van der Waals surface area contributed by atoms with Crippen LogP contribution in [-0.4, -0.2) is 93.2 Å². The predicted molar refractivity (Wildman–Crippen MR) is 214 cm³/mol. The van der Waals surface area contributed by atoms with Crippen LogP contribution in [0.25, 0.3) is 45.1 Å². The normalized spacial score (nSPS) is 11.4. The highest BCUT2D eigenvalue weighted by Gasteiger charge is 2.17. The van der Waals surface area contributed by atoms with E-state index in [2.05, 4.69) is 88.2 Å². The van der Waals surface area contributed by atoms with E-state index >= 15 is 0 Å². The number of nitrogens with one attached hydrogen (secondary N) is 4. The number of aryl methyl sites for hydroxylation is 2. The van der Waals surface area contributed by atoms with Crippen molar-refractivity contribution < 1.29 is 0 Å². The first-order valence-corrected chi connectivity index (χ1v) is 19.1. The van der Waals surface area contributed by atoms with E-state index in [0.29, 0.717) is 18.2 Å². The van der Waals surface area contributed by atoms with E-state index in [4.69, 9.17) is 19.9 Å². The molecule has 0 bridgehead atoms. The van der Waals surface area contributed by atoms with Gasteiger partial charge in [-0.3, -0.25) is 20.2 Å². The molecule has 18 heteroatoms. The van der Waals surface area contributed by atoms with Gasteiger partial charge in [0.25, 0.3) is 0 Å². The van der Waals surface area contributed by atoms with Crippen LogP contribution in [-0.2, 0) is 6.42 Å². The Bertz CT molecular complexity index is 2420. The van der Waals surface area contributed by atoms with E-state index in [1.165, 1.54) is 5.56 Å². The van der Waals surface area contributed by atoms with Crippen molar-refractivity contribution in [2.24, 2.45) is 0 Å². The van der Waals surface area contributed by atoms with Crippen LogP contribution < -0.4 is 10.6 Å². The van der Waals surface area contributed by atoms with Crippen molar-refractivity contribution in [2.45, 2.75) is 64.7 Å². The van der Waals surface area contributed by atoms with Crippen molar-refractivity contribution in [1.29, 1.82) is 0 Å². The number of anilines is 2. The number of hydrogen-bond acceptors (Lipinski definition) is 14. The summed E-state index contributed by atoms with van der Waals surface area (Å²) in [6.07, 6.45) is 16.4. The first kappa shape index (κ1) is 37.0. The topological polar surface area (TPSA) is 207 Å². The first-order chi connectivity index (χ1) is 26.8. The lowest BCUT2D eigenvalue weighted by Crippen LogP contribution is -2.09. The quantitative estimate of drug-likeness (QED) is 0.0706. The Balaban J connectivity index is 0.000000169. The highest BCUT2D eigenvalue weighted by atomic mass is 32.2. The van der Waals surface area contributed by atoms with Crippen molar-refractivity contribution in [3.05, 3.63) is 85.5 Å². The molecule has 0 aliphatic carbocycles. The number of fused-ring (bicyclic) bond motifs is 2. The largest absolute Gasteiger partial charge is 0.368 e. The van der Waals surface area contributed by atoms with E-state index < -0.39 is 0 Å². The number of rotatable bonds is 14. The summed E-state index contributed by atoms with van der Waals surface area (Å²) in [5.74, 6) is 4.36. The Morgan fingerprint density at radius 3 is 1.84 bits per heavy atom. The van der Waals surface area contributed by atoms with Crippen LogP contribution in [0.15, 0.2) is 79.3 Å². The van der Waals surface area contributed by atoms with Crippen LogP contribution in [0.4, 0.5) is 11.6 Å². The Morgan fingerprint density at radius 1 is 0.745 bits per heavy atom. The van der Waals surface area contributed by atoms with Crippen molar-refractivity contribution in [2.75, 3.05) is 29.5 Å². The molecule has 282 valence electrons. The highest BCUT2D eigenvalue weighted by molar-refractivity contribution is 7.99. The van der Waals surface area contributed by atoms with Gasteiger partial charge in [-0.05, 0) is 77.3 Å². The fraction of sp³-hybridized carbons (Fsp3) is 0.324. The van der Waals surface area contributed by atoms with Gasteiger partial charge in [-0.2, -0.15) is 5.10 Å². The smallest absolute Gasteiger partial charge is 0.208 e. The molecule has 8 aromatic rings. The zero-order chi connectivity index (χ0) is 38.1. The van der Waals surface area contributed by atoms with Crippen molar-refractivity contribution >= 4 is 45.7 Å². The highest BCUT2D eigenvalue weighted by Crippen LogP contribution is 2.27. The molecule has 0 unspecified atom stereocenters. The van der Waals surface area contributed by atoms with E-state index in [9.17, 15) is 0 Å². The molecule has 0 saturated heterocycles. The van der Waals surface area contributed by atoms with Gasteiger partial charge in [0.1, 0.15) is 16.9 Å². The Labute approximate surface area is 321 Å². The molecule has 0 spiro atoms. The number of imidazole rings is 2. The van der Waals surface area contributed by atoms with Crippen molar-refractivity contribution in [3.8, 4) is 22.8 Å². The number of aromatic amines is 2. The monoisotopic (exact) mass is 757 g/mol. The zero-order valence-corrected chi connectivity index (χ0v) is 32.2. The zero-order valence-electron chi connectivity index (χ0n) is 31.3. The van der Waals surface area contributed by atoms with Gasteiger partial charge < -0.3 is 19.8 Å². The van der Waals surface area contributed by atoms with E-state index in [-0.39, 0.29) is 12.1 Å². The third-order valence-corrected chi connectivity index (χ3v) is 9.34. The fourth-order valence-electron chi connectivity index (χ4n) is 5.70. The predicted octanol–water partition coefficient (Wildman–Crippen LogP) is 6.34. The molecule has 0 aliphatic rings. The minimum atomic E-state index is 0.249. The summed E-state index contributed by atoms with van der Waals surface area (Å²) < 4.78 is 4.11. The summed E-state index contributed by atoms with van der Waals surface area (Å²) in [5, 5.41) is 21.4. The van der Waals surface area contributed by atoms with Crippen LogP contribution in [0.3, 0.4) is 0 Å². The van der Waals surface area contributed by atoms with Gasteiger partial charge in [0.15, 0.2) is 34.6 Å². The third-order valence-electron chi connectivity index (χ3n) is 8.49. The minimum Gasteiger partial charge on any atom is -0.368 e. The number of pyridine rings is 2. The van der Waals surface area contributed by atoms with Gasteiger partial charge in [0.05, 0.1) is 18.9 Å². The summed E-state index contributed by atoms with van der Waals surface area (Å²) in [5.41, 5.74) is 6.15. The van der Waals surface area contributed by atoms with Gasteiger partial charge in [-0.1, -0.05) is 11.8 Å². The second kappa shape index (κ2) is 17.2. The molecule has 8 aromatic heterocycles. The Morgan fingerprint density at radius 2 is 1.35 bits per heavy atom. The van der Waals surface area contributed by atoms with Gasteiger partial charge in [-0.25, -0.2) is 34.9 Å². The molecule has 17 nitrogen and oxygen atoms in total. The molecule has 0 aromatic carbocycles. The minimum absolute atomic E-state index is 0.249. The molecule has 55 heavy (non-hydrogen) atoms. The number of nitrogens with zero attached hydrogens (tertiary/aromatic N) is 13. The maximum atomic E-state index is 4.75. The maximum absolute atomic E-state index is 4.75. The molecule has 0 saturated carbocycles. The van der Waals surface area contributed by atoms with E-state index in [1.807, 2.05) is 60.8 Å². The molecule has 8 heterocycles. The average Bonchev–Trinajstić information content (AvgIpc) is 4.03. The van der Waals surface area contributed by atoms with Gasteiger partial charge in [0.2, 0.25) is 5.16 Å². The Kier molecular flexibility index (Phi) is 11.6. The summed E-state index contributed by atoms with van der Waals surface area (Å²) in [6.45, 7) is 11.8. The summed E-state index contributed by atoms with van der Waals surface area (Å²) in [4.78, 5) is 40.7. The van der Waals surface area contributed by atoms with Crippen LogP contribution in [0, 0.1) is 6.92 Å². The summed E-state index contributed by atoms with van der Waals surface area (Å²) in [7, 11) is 0. The molecular weight excluding hydrogens is 715 g/mol. The number of hydrogen-bond donors (Lipinski definition) is 4. The number of aromatic nitrogens is 15. The van der Waals surface area contributed by atoms with Crippen LogP contribution in [0.5, 0.6) is 0 Å². The lowest BCUT2D eigenvalue weighted by molar-refractivity contribution is 0.612. The maximum Gasteiger partial charge on any atom is 0.208 e. The lowest BCUT2D eigenvalue weighted by Gasteiger charge is -2.11. The van der Waals surface area contributed by atoms with Crippen LogP contribution >= 0.6 is 11.8 Å². The van der Waals surface area contributed by atoms with Crippen molar-refractivity contribution in [1.82, 2.24) is 74.4 Å². The molecule has 0 atom stereocenters. The van der Waals surface area contributed by atoms with Gasteiger partial charge >= 0.3 is 0 Å². The lowest BCUT2D eigenvalue weighted by atomic mass is 10.2. The molecule has 0 radical (unpaired) electrons. The summed E-state index contributed by atoms with van der Waals surface area (Å²) >= 11 is 1.58. The van der Waals surface area contributed by atoms with Crippen LogP contribution in [0.2, 0.25) is 0 Å². The van der Waals surface area contributed by atoms with E-state index in [0.717, 1.165) is 81.2 Å². The van der Waals surface area contributed by atoms with E-state index in [1.54, 1.807) is 36.5 Å². The standard InChI is InChI=1S/C19H22N8.C18H21N9S/c1-13(2)27-12-22-16-18(21-8-3-5-14-9-23-24-10-14)25-17(26-19(16)27)15-6-4-7-20-11-15;1-11(2)27-10-21-14-16(20-7-8-28-18-22-12(3)25-26-18)23-15(24-17(14)27)13-5-4-6-19-9-13/h4,6-7,9-13H,3,5,8H2,1-2H3,(H,23,24)(H,21,25,26);4-6,9-11H,7-8H2,1-3H3,(H,20,23,24)(H,22,25,26). The fourth-order valence-corrected chi connectivity index (χ4v) is 6.39. The second-order valence-corrected chi connectivity index (χ2v) is 14.3. The van der Waals surface area contributed by atoms with Crippen molar-refractivity contribution in [3.63, 3.8) is 0 Å². The molecule has 0 amide bonds. The number of H-pyrrole nitrogens is 2. The Hall–Kier alpha value is -6.30. The van der Waals surface area contributed by atoms with Gasteiger partial charge in [0, 0.05) is 73.0 Å². The molecular formula is C37H43N17S. The average molecular weight is 758 g/mol. The second-order valence-electron chi connectivity index (χ2n) is 13.2. The number of thioether (sulfide) groups is 1. The third kappa shape index (κ3) is 8.92. The molecule has 4 N–H and O–H groups in total. The molecule has 8 rings (SSSR count). The SMILES string of the molecule is CC(C)n1cnc2c(NCCCc3cn[nH]c3)nc(-c3cccnc3)nc21.Cc1nc(SCCNc2nc(-c3cccnc3)nc3c2ncn3C(C)C)n[nH]1. The first-order valence-electron chi connectivity index (χ1n) is 18.1. The van der Waals surface area contributed by atoms with Gasteiger partial charge in [-0.15, -0.1) is 5.10 Å². The van der Waals surface area contributed by atoms with Crippen LogP contribution in [0.1, 0.15) is 57.6 Å². The summed E-state index contributed by atoms with van der Waals surface area (Å²) in [6, 6.07) is 8.20. The molecule has 0 aliphatic heterocycles. The molecule has 0 fully saturated rings.